The predicted molar refractivity (Wildman–Crippen MR) is 271 cm³/mol. The molecule has 0 fully saturated rings. The van der Waals surface area contributed by atoms with Crippen LogP contribution in [0.5, 0.6) is 0 Å². The smallest absolute Gasteiger partial charge is 0.0544 e. The Morgan fingerprint density at radius 2 is 0.672 bits per heavy atom. The second-order valence-corrected chi connectivity index (χ2v) is 19.4. The molecule has 64 heavy (non-hydrogen) atoms. The van der Waals surface area contributed by atoms with Crippen LogP contribution in [0.2, 0.25) is 0 Å². The Morgan fingerprint density at radius 3 is 1.12 bits per heavy atom. The number of rotatable bonds is 3. The van der Waals surface area contributed by atoms with E-state index in [1.54, 1.807) is 0 Å². The maximum absolute atomic E-state index is 2.50. The zero-order chi connectivity index (χ0) is 42.6. The summed E-state index contributed by atoms with van der Waals surface area (Å²) in [4.78, 5) is 0. The Hall–Kier alpha value is -7.68. The van der Waals surface area contributed by atoms with Gasteiger partial charge in [-0.1, -0.05) is 149 Å². The Bertz CT molecular complexity index is 3750. The van der Waals surface area contributed by atoms with Crippen molar-refractivity contribution in [2.24, 2.45) is 0 Å². The van der Waals surface area contributed by atoms with Gasteiger partial charge in [0, 0.05) is 43.7 Å². The van der Waals surface area contributed by atoms with E-state index >= 15 is 0 Å². The van der Waals surface area contributed by atoms with Crippen LogP contribution in [0.4, 0.5) is 0 Å². The van der Waals surface area contributed by atoms with Crippen molar-refractivity contribution in [1.29, 1.82) is 0 Å². The van der Waals surface area contributed by atoms with Crippen LogP contribution in [0.15, 0.2) is 194 Å². The zero-order valence-corrected chi connectivity index (χ0v) is 36.4. The van der Waals surface area contributed by atoms with Crippen molar-refractivity contribution in [1.82, 2.24) is 9.13 Å². The van der Waals surface area contributed by atoms with Crippen molar-refractivity contribution >= 4 is 65.2 Å². The van der Waals surface area contributed by atoms with Gasteiger partial charge in [-0.25, -0.2) is 0 Å². The first-order valence-electron chi connectivity index (χ1n) is 22.7. The largest absolute Gasteiger partial charge is 0.309 e. The Labute approximate surface area is 372 Å². The van der Waals surface area contributed by atoms with Gasteiger partial charge >= 0.3 is 0 Å². The lowest BCUT2D eigenvalue weighted by Gasteiger charge is -2.21. The van der Waals surface area contributed by atoms with Gasteiger partial charge in [0.25, 0.3) is 0 Å². The van der Waals surface area contributed by atoms with E-state index in [-0.39, 0.29) is 10.8 Å². The first-order chi connectivity index (χ1) is 31.2. The van der Waals surface area contributed by atoms with E-state index in [0.717, 1.165) is 0 Å². The zero-order valence-electron chi connectivity index (χ0n) is 36.4. The summed E-state index contributed by atoms with van der Waals surface area (Å²) in [5, 5.41) is 10.1. The number of hydrogen-bond donors (Lipinski definition) is 0. The molecule has 0 atom stereocenters. The monoisotopic (exact) mass is 816 g/mol. The summed E-state index contributed by atoms with van der Waals surface area (Å²) in [6.07, 6.45) is 0. The van der Waals surface area contributed by atoms with Crippen LogP contribution in [0.1, 0.15) is 49.9 Å². The quantitative estimate of drug-likeness (QED) is 0.168. The molecule has 0 radical (unpaired) electrons. The van der Waals surface area contributed by atoms with E-state index in [0.29, 0.717) is 0 Å². The standard InChI is InChI=1S/C62H44N2/c1-61(2)53-19-11-9-17-45(53)47-33-51-49-31-41(23-27-57(49)63(59(51)35-55(47)61)43-25-21-37-13-5-7-15-39(37)29-43)42-24-28-58-50(32-42)52-34-48-46-18-10-12-20-54(46)62(3,4)56(48)36-60(52)64(58)44-26-22-38-14-6-8-16-40(38)30-44/h5-36H,1-4H3. The molecule has 2 aromatic heterocycles. The fourth-order valence-corrected chi connectivity index (χ4v) is 12.0. The van der Waals surface area contributed by atoms with Gasteiger partial charge in [0.1, 0.15) is 0 Å². The lowest BCUT2D eigenvalue weighted by atomic mass is 9.82. The highest BCUT2D eigenvalue weighted by Gasteiger charge is 2.37. The average Bonchev–Trinajstić information content (AvgIpc) is 3.97. The van der Waals surface area contributed by atoms with Crippen molar-refractivity contribution in [3.8, 4) is 44.8 Å². The molecule has 0 amide bonds. The first-order valence-corrected chi connectivity index (χ1v) is 22.7. The highest BCUT2D eigenvalue weighted by atomic mass is 15.0. The molecule has 0 saturated heterocycles. The number of hydrogen-bond acceptors (Lipinski definition) is 0. The molecule has 302 valence electrons. The summed E-state index contributed by atoms with van der Waals surface area (Å²) in [6.45, 7) is 9.52. The van der Waals surface area contributed by atoms with E-state index in [2.05, 4.69) is 231 Å². The molecular weight excluding hydrogens is 773 g/mol. The molecule has 2 aliphatic carbocycles. The number of fused-ring (bicyclic) bond motifs is 14. The van der Waals surface area contributed by atoms with Gasteiger partial charge in [-0.3, -0.25) is 0 Å². The molecule has 2 nitrogen and oxygen atoms in total. The van der Waals surface area contributed by atoms with Crippen molar-refractivity contribution < 1.29 is 0 Å². The molecule has 2 aliphatic rings. The van der Waals surface area contributed by atoms with Crippen LogP contribution in [0.25, 0.3) is 110 Å². The van der Waals surface area contributed by atoms with Crippen LogP contribution in [0.3, 0.4) is 0 Å². The van der Waals surface area contributed by atoms with Gasteiger partial charge in [0.2, 0.25) is 0 Å². The minimum absolute atomic E-state index is 0.102. The molecule has 0 bridgehead atoms. The maximum atomic E-state index is 2.50. The fourth-order valence-electron chi connectivity index (χ4n) is 12.0. The van der Waals surface area contributed by atoms with Crippen LogP contribution in [-0.4, -0.2) is 9.13 Å². The van der Waals surface area contributed by atoms with E-state index in [9.17, 15) is 0 Å². The molecule has 0 aliphatic heterocycles. The Balaban J connectivity index is 1.02. The lowest BCUT2D eigenvalue weighted by molar-refractivity contribution is 0.661. The van der Waals surface area contributed by atoms with Crippen molar-refractivity contribution in [2.75, 3.05) is 0 Å². The molecule has 0 saturated carbocycles. The number of benzene rings is 10. The molecule has 12 aromatic rings. The third-order valence-electron chi connectivity index (χ3n) is 15.3. The van der Waals surface area contributed by atoms with Gasteiger partial charge in [0.15, 0.2) is 0 Å². The first kappa shape index (κ1) is 35.9. The minimum atomic E-state index is -0.102. The van der Waals surface area contributed by atoms with Crippen LogP contribution in [-0.2, 0) is 10.8 Å². The van der Waals surface area contributed by atoms with E-state index in [1.165, 1.54) is 132 Å². The SMILES string of the molecule is CC1(C)c2ccccc2-c2cc3c4cc(-c5ccc6c(c5)c5cc7c(cc5n6-c5ccc6ccccc6c5)C(C)(C)c5ccccc5-7)ccc4n(-c4ccc5ccccc5c4)c3cc21. The van der Waals surface area contributed by atoms with Crippen molar-refractivity contribution in [2.45, 2.75) is 38.5 Å². The minimum Gasteiger partial charge on any atom is -0.309 e. The summed E-state index contributed by atoms with van der Waals surface area (Å²) in [5.41, 5.74) is 20.5. The van der Waals surface area contributed by atoms with Crippen molar-refractivity contribution in [3.63, 3.8) is 0 Å². The Kier molecular flexibility index (Phi) is 7.00. The molecule has 0 N–H and O–H groups in total. The number of nitrogens with zero attached hydrogens (tertiary/aromatic N) is 2. The molecule has 0 unspecified atom stereocenters. The molecule has 10 aromatic carbocycles. The normalized spacial score (nSPS) is 14.5. The molecule has 14 rings (SSSR count). The summed E-state index contributed by atoms with van der Waals surface area (Å²) < 4.78 is 5.00. The van der Waals surface area contributed by atoms with Gasteiger partial charge < -0.3 is 9.13 Å². The van der Waals surface area contributed by atoms with E-state index in [1.807, 2.05) is 0 Å². The summed E-state index contributed by atoms with van der Waals surface area (Å²) in [7, 11) is 0. The summed E-state index contributed by atoms with van der Waals surface area (Å²) in [5.74, 6) is 0. The molecule has 2 heterocycles. The molecular formula is C62H44N2. The second kappa shape index (κ2) is 12.5. The van der Waals surface area contributed by atoms with E-state index < -0.39 is 0 Å². The lowest BCUT2D eigenvalue weighted by Crippen LogP contribution is -2.14. The van der Waals surface area contributed by atoms with Gasteiger partial charge in [-0.2, -0.15) is 0 Å². The molecule has 2 heteroatoms. The van der Waals surface area contributed by atoms with Crippen LogP contribution in [0, 0.1) is 0 Å². The maximum Gasteiger partial charge on any atom is 0.0544 e. The third-order valence-corrected chi connectivity index (χ3v) is 15.3. The van der Waals surface area contributed by atoms with Gasteiger partial charge in [0.05, 0.1) is 22.1 Å². The summed E-state index contributed by atoms with van der Waals surface area (Å²) >= 11 is 0. The van der Waals surface area contributed by atoms with Gasteiger partial charge in [-0.15, -0.1) is 0 Å². The number of aromatic nitrogens is 2. The van der Waals surface area contributed by atoms with Crippen LogP contribution < -0.4 is 0 Å². The highest BCUT2D eigenvalue weighted by molar-refractivity contribution is 6.15. The Morgan fingerprint density at radius 1 is 0.281 bits per heavy atom. The fraction of sp³-hybridized carbons (Fsp3) is 0.0968. The third kappa shape index (κ3) is 4.75. The van der Waals surface area contributed by atoms with E-state index in [4.69, 9.17) is 0 Å². The second-order valence-electron chi connectivity index (χ2n) is 19.4. The van der Waals surface area contributed by atoms with Gasteiger partial charge in [-0.05, 0) is 150 Å². The summed E-state index contributed by atoms with van der Waals surface area (Å²) in [6, 6.07) is 73.4. The average molecular weight is 817 g/mol. The van der Waals surface area contributed by atoms with Crippen molar-refractivity contribution in [3.05, 3.63) is 216 Å². The highest BCUT2D eigenvalue weighted by Crippen LogP contribution is 2.53. The predicted octanol–water partition coefficient (Wildman–Crippen LogP) is 16.5. The van der Waals surface area contributed by atoms with Crippen LogP contribution >= 0.6 is 0 Å². The molecule has 0 spiro atoms. The topological polar surface area (TPSA) is 9.86 Å².